The molecule has 6 nitrogen and oxygen atoms in total. The van der Waals surface area contributed by atoms with Gasteiger partial charge in [0.1, 0.15) is 5.75 Å². The van der Waals surface area contributed by atoms with Crippen molar-refractivity contribution >= 4 is 11.9 Å². The lowest BCUT2D eigenvalue weighted by Gasteiger charge is -2.41. The summed E-state index contributed by atoms with van der Waals surface area (Å²) < 4.78 is 5.21. The highest BCUT2D eigenvalue weighted by Gasteiger charge is 2.40. The predicted octanol–water partition coefficient (Wildman–Crippen LogP) is 1.30. The molecule has 1 aromatic carbocycles. The van der Waals surface area contributed by atoms with Gasteiger partial charge in [0.2, 0.25) is 5.96 Å². The maximum absolute atomic E-state index is 13.1. The van der Waals surface area contributed by atoms with Crippen LogP contribution in [0, 0.1) is 0 Å². The molecule has 1 aromatic rings. The molecule has 0 radical (unpaired) electrons. The molecule has 0 saturated heterocycles. The predicted molar refractivity (Wildman–Crippen MR) is 91.7 cm³/mol. The zero-order valence-electron chi connectivity index (χ0n) is 14.2. The van der Waals surface area contributed by atoms with Crippen molar-refractivity contribution in [1.82, 2.24) is 14.7 Å². The van der Waals surface area contributed by atoms with Gasteiger partial charge in [-0.25, -0.2) is 0 Å². The number of ether oxygens (including phenoxy) is 1. The van der Waals surface area contributed by atoms with Crippen molar-refractivity contribution in [1.29, 1.82) is 0 Å². The van der Waals surface area contributed by atoms with E-state index >= 15 is 0 Å². The van der Waals surface area contributed by atoms with Gasteiger partial charge in [-0.15, -0.1) is 0 Å². The Labute approximate surface area is 142 Å². The summed E-state index contributed by atoms with van der Waals surface area (Å²) >= 11 is 0. The number of guanidine groups is 1. The lowest BCUT2D eigenvalue weighted by molar-refractivity contribution is -0.125. The zero-order chi connectivity index (χ0) is 16.7. The Hall–Kier alpha value is -2.34. The average molecular weight is 326 g/mol. The summed E-state index contributed by atoms with van der Waals surface area (Å²) in [6.45, 7) is 3.89. The maximum Gasteiger partial charge on any atom is 0.259 e. The Kier molecular flexibility index (Phi) is 3.76. The van der Waals surface area contributed by atoms with Crippen LogP contribution >= 0.6 is 0 Å². The topological polar surface area (TPSA) is 48.4 Å². The Morgan fingerprint density at radius 2 is 2.00 bits per heavy atom. The summed E-state index contributed by atoms with van der Waals surface area (Å²) in [6, 6.07) is 7.86. The number of carbonyl (C=O) groups excluding carboxylic acids is 1. The maximum atomic E-state index is 13.1. The molecule has 3 aliphatic heterocycles. The van der Waals surface area contributed by atoms with Crippen molar-refractivity contribution < 1.29 is 9.53 Å². The smallest absolute Gasteiger partial charge is 0.259 e. The van der Waals surface area contributed by atoms with E-state index in [1.54, 1.807) is 7.11 Å². The lowest BCUT2D eigenvalue weighted by atomic mass is 10.0. The van der Waals surface area contributed by atoms with Crippen LogP contribution in [0.5, 0.6) is 5.75 Å². The first-order valence-electron chi connectivity index (χ1n) is 8.34. The van der Waals surface area contributed by atoms with Crippen LogP contribution in [0.25, 0.3) is 0 Å². The van der Waals surface area contributed by atoms with Crippen molar-refractivity contribution in [3.63, 3.8) is 0 Å². The molecule has 3 aliphatic rings. The first-order chi connectivity index (χ1) is 11.7. The SMILES string of the molecule is COc1ccc(CN2C(=O)C3=C(CCN(C)C3)N3CCN=C23)cc1. The highest BCUT2D eigenvalue weighted by atomic mass is 16.5. The van der Waals surface area contributed by atoms with E-state index in [1.165, 1.54) is 5.70 Å². The van der Waals surface area contributed by atoms with Gasteiger partial charge in [0.05, 0.1) is 25.8 Å². The summed E-state index contributed by atoms with van der Waals surface area (Å²) in [5.74, 6) is 1.74. The highest BCUT2D eigenvalue weighted by Crippen LogP contribution is 2.31. The normalized spacial score (nSPS) is 20.9. The summed E-state index contributed by atoms with van der Waals surface area (Å²) in [7, 11) is 3.72. The van der Waals surface area contributed by atoms with Crippen LogP contribution in [0.3, 0.4) is 0 Å². The number of methoxy groups -OCH3 is 1. The Morgan fingerprint density at radius 3 is 2.75 bits per heavy atom. The van der Waals surface area contributed by atoms with Crippen molar-refractivity contribution in [3.05, 3.63) is 41.1 Å². The van der Waals surface area contributed by atoms with E-state index in [2.05, 4.69) is 21.8 Å². The van der Waals surface area contributed by atoms with Crippen molar-refractivity contribution in [2.24, 2.45) is 4.99 Å². The molecule has 0 unspecified atom stereocenters. The fourth-order valence-electron chi connectivity index (χ4n) is 3.61. The number of likely N-dealkylation sites (N-methyl/N-ethyl adjacent to an activating group) is 1. The fraction of sp³-hybridized carbons (Fsp3) is 0.444. The minimum absolute atomic E-state index is 0.101. The second-order valence-electron chi connectivity index (χ2n) is 6.49. The fourth-order valence-corrected chi connectivity index (χ4v) is 3.61. The Bertz CT molecular complexity index is 723. The summed E-state index contributed by atoms with van der Waals surface area (Å²) in [4.78, 5) is 24.0. The van der Waals surface area contributed by atoms with Crippen LogP contribution in [-0.4, -0.2) is 66.9 Å². The van der Waals surface area contributed by atoms with E-state index in [0.717, 1.165) is 55.4 Å². The second kappa shape index (κ2) is 5.94. The number of benzene rings is 1. The molecule has 4 rings (SSSR count). The van der Waals surface area contributed by atoms with Crippen LogP contribution < -0.4 is 4.74 Å². The van der Waals surface area contributed by atoms with Crippen molar-refractivity contribution in [3.8, 4) is 5.75 Å². The molecule has 1 amide bonds. The number of hydrogen-bond acceptors (Lipinski definition) is 5. The molecule has 3 heterocycles. The quantitative estimate of drug-likeness (QED) is 0.840. The van der Waals surface area contributed by atoms with E-state index < -0.39 is 0 Å². The summed E-state index contributed by atoms with van der Waals surface area (Å²) in [5, 5.41) is 0. The third kappa shape index (κ3) is 2.47. The second-order valence-corrected chi connectivity index (χ2v) is 6.49. The number of carbonyl (C=O) groups is 1. The van der Waals surface area contributed by atoms with Gasteiger partial charge in [0.25, 0.3) is 5.91 Å². The van der Waals surface area contributed by atoms with Crippen LogP contribution in [0.15, 0.2) is 40.5 Å². The van der Waals surface area contributed by atoms with Gasteiger partial charge >= 0.3 is 0 Å². The van der Waals surface area contributed by atoms with Crippen LogP contribution in [0.2, 0.25) is 0 Å². The van der Waals surface area contributed by atoms with Gasteiger partial charge in [0.15, 0.2) is 0 Å². The van der Waals surface area contributed by atoms with Gasteiger partial charge < -0.3 is 14.5 Å². The van der Waals surface area contributed by atoms with Gasteiger partial charge in [0, 0.05) is 31.8 Å². The molecule has 0 saturated carbocycles. The number of fused-ring (bicyclic) bond motifs is 2. The zero-order valence-corrected chi connectivity index (χ0v) is 14.2. The largest absolute Gasteiger partial charge is 0.497 e. The first-order valence-corrected chi connectivity index (χ1v) is 8.34. The van der Waals surface area contributed by atoms with E-state index in [1.807, 2.05) is 29.2 Å². The highest BCUT2D eigenvalue weighted by molar-refractivity contribution is 6.09. The third-order valence-electron chi connectivity index (χ3n) is 4.90. The van der Waals surface area contributed by atoms with Gasteiger partial charge in [-0.05, 0) is 24.7 Å². The molecule has 0 aliphatic carbocycles. The van der Waals surface area contributed by atoms with Crippen LogP contribution in [0.4, 0.5) is 0 Å². The minimum Gasteiger partial charge on any atom is -0.497 e. The van der Waals surface area contributed by atoms with Crippen molar-refractivity contribution in [2.45, 2.75) is 13.0 Å². The van der Waals surface area contributed by atoms with Crippen LogP contribution in [-0.2, 0) is 11.3 Å². The molecule has 0 atom stereocenters. The van der Waals surface area contributed by atoms with Gasteiger partial charge in [-0.2, -0.15) is 0 Å². The molecule has 0 bridgehead atoms. The van der Waals surface area contributed by atoms with Crippen LogP contribution in [0.1, 0.15) is 12.0 Å². The lowest BCUT2D eigenvalue weighted by Crippen LogP contribution is -2.53. The molecule has 24 heavy (non-hydrogen) atoms. The number of aliphatic imine (C=N–C) groups is 1. The van der Waals surface area contributed by atoms with E-state index in [4.69, 9.17) is 4.74 Å². The summed E-state index contributed by atoms with van der Waals surface area (Å²) in [5.41, 5.74) is 3.19. The molecular formula is C18H22N4O2. The van der Waals surface area contributed by atoms with Gasteiger partial charge in [-0.1, -0.05) is 12.1 Å². The molecule has 126 valence electrons. The summed E-state index contributed by atoms with van der Waals surface area (Å²) in [6.07, 6.45) is 0.924. The van der Waals surface area contributed by atoms with E-state index in [0.29, 0.717) is 6.54 Å². The molecule has 6 heteroatoms. The van der Waals surface area contributed by atoms with Crippen molar-refractivity contribution in [2.75, 3.05) is 40.3 Å². The third-order valence-corrected chi connectivity index (χ3v) is 4.90. The van der Waals surface area contributed by atoms with E-state index in [9.17, 15) is 4.79 Å². The average Bonchev–Trinajstić information content (AvgIpc) is 3.08. The molecule has 0 spiro atoms. The first kappa shape index (κ1) is 15.2. The number of rotatable bonds is 3. The minimum atomic E-state index is 0.101. The van der Waals surface area contributed by atoms with Gasteiger partial charge in [-0.3, -0.25) is 14.7 Å². The monoisotopic (exact) mass is 326 g/mol. The molecule has 0 N–H and O–H groups in total. The number of hydrogen-bond donors (Lipinski definition) is 0. The Morgan fingerprint density at radius 1 is 1.21 bits per heavy atom. The number of amides is 1. The molecule has 0 fully saturated rings. The number of nitrogens with zero attached hydrogens (tertiary/aromatic N) is 4. The standard InChI is InChI=1S/C18H22N4O2/c1-20-9-7-16-15(12-20)17(23)22(18-19-8-10-21(16)18)11-13-3-5-14(24-2)6-4-13/h3-6H,7-12H2,1-2H3. The molecule has 0 aromatic heterocycles. The Balaban J connectivity index is 1.65. The van der Waals surface area contributed by atoms with E-state index in [-0.39, 0.29) is 5.91 Å². The molecular weight excluding hydrogens is 304 g/mol.